The molecule has 3 heteroatoms. The van der Waals surface area contributed by atoms with Crippen LogP contribution < -0.4 is 0 Å². The summed E-state index contributed by atoms with van der Waals surface area (Å²) in [4.78, 5) is 8.09. The summed E-state index contributed by atoms with van der Waals surface area (Å²) in [6.45, 7) is 2.17. The Balaban J connectivity index is 2.40. The molecule has 2 rings (SSSR count). The van der Waals surface area contributed by atoms with Gasteiger partial charge in [-0.05, 0) is 18.1 Å². The van der Waals surface area contributed by atoms with Gasteiger partial charge in [0.25, 0.3) is 0 Å². The van der Waals surface area contributed by atoms with Crippen molar-refractivity contribution in [2.24, 2.45) is 0 Å². The molecule has 1 aromatic heterocycles. The molecule has 0 fully saturated rings. The molecule has 0 amide bonds. The zero-order valence-corrected chi connectivity index (χ0v) is 9.91. The highest BCUT2D eigenvalue weighted by Gasteiger charge is 2.04. The van der Waals surface area contributed by atoms with E-state index in [9.17, 15) is 0 Å². The van der Waals surface area contributed by atoms with E-state index in [1.807, 2.05) is 12.1 Å². The summed E-state index contributed by atoms with van der Waals surface area (Å²) in [5.74, 6) is 0. The molecule has 0 bridgehead atoms. The van der Waals surface area contributed by atoms with E-state index in [-0.39, 0.29) is 0 Å². The molecule has 0 radical (unpaired) electrons. The Morgan fingerprint density at radius 1 is 1.31 bits per heavy atom. The second kappa shape index (κ2) is 5.08. The monoisotopic (exact) mass is 232 g/mol. The summed E-state index contributed by atoms with van der Waals surface area (Å²) in [5.41, 5.74) is 3.17. The molecule has 0 N–H and O–H groups in total. The Morgan fingerprint density at radius 2 is 2.19 bits per heavy atom. The highest BCUT2D eigenvalue weighted by atomic mass is 35.5. The first kappa shape index (κ1) is 11.1. The van der Waals surface area contributed by atoms with E-state index in [2.05, 4.69) is 29.0 Å². The second-order valence-corrected chi connectivity index (χ2v) is 4.08. The molecule has 2 nitrogen and oxygen atoms in total. The molecular formula is C13H13ClN2. The van der Waals surface area contributed by atoms with Crippen LogP contribution in [-0.4, -0.2) is 9.97 Å². The summed E-state index contributed by atoms with van der Waals surface area (Å²) in [7, 11) is 0. The highest BCUT2D eigenvalue weighted by Crippen LogP contribution is 2.25. The lowest BCUT2D eigenvalue weighted by Crippen LogP contribution is -1.89. The van der Waals surface area contributed by atoms with E-state index in [0.29, 0.717) is 5.02 Å². The van der Waals surface area contributed by atoms with Gasteiger partial charge in [-0.25, -0.2) is 9.97 Å². The Hall–Kier alpha value is -1.41. The van der Waals surface area contributed by atoms with Gasteiger partial charge in [-0.1, -0.05) is 43.1 Å². The van der Waals surface area contributed by atoms with Crippen molar-refractivity contribution >= 4 is 11.6 Å². The quantitative estimate of drug-likeness (QED) is 0.806. The van der Waals surface area contributed by atoms with Gasteiger partial charge in [-0.2, -0.15) is 0 Å². The lowest BCUT2D eigenvalue weighted by atomic mass is 10.0. The summed E-state index contributed by atoms with van der Waals surface area (Å²) in [5, 5.41) is 0.594. The van der Waals surface area contributed by atoms with Gasteiger partial charge in [0.05, 0.1) is 10.7 Å². The largest absolute Gasteiger partial charge is 0.243 e. The van der Waals surface area contributed by atoms with Crippen molar-refractivity contribution in [3.05, 3.63) is 47.4 Å². The average molecular weight is 233 g/mol. The number of hydrogen-bond acceptors (Lipinski definition) is 2. The Labute approximate surface area is 100 Å². The van der Waals surface area contributed by atoms with Gasteiger partial charge in [0.2, 0.25) is 0 Å². The third kappa shape index (κ3) is 2.39. The second-order valence-electron chi connectivity index (χ2n) is 3.67. The van der Waals surface area contributed by atoms with Gasteiger partial charge in [0.15, 0.2) is 0 Å². The lowest BCUT2D eigenvalue weighted by molar-refractivity contribution is 0.922. The van der Waals surface area contributed by atoms with Crippen molar-refractivity contribution in [3.63, 3.8) is 0 Å². The van der Waals surface area contributed by atoms with Gasteiger partial charge in [-0.15, -0.1) is 0 Å². The van der Waals surface area contributed by atoms with Gasteiger partial charge in [0, 0.05) is 11.8 Å². The van der Waals surface area contributed by atoms with Crippen LogP contribution in [0.15, 0.2) is 36.8 Å². The third-order valence-electron chi connectivity index (χ3n) is 2.41. The molecule has 0 aliphatic rings. The first-order valence-electron chi connectivity index (χ1n) is 5.36. The first-order chi connectivity index (χ1) is 7.81. The van der Waals surface area contributed by atoms with Crippen LogP contribution in [-0.2, 0) is 6.42 Å². The molecule has 0 aliphatic heterocycles. The number of nitrogens with zero attached hydrogens (tertiary/aromatic N) is 2. The number of halogens is 1. The third-order valence-corrected chi connectivity index (χ3v) is 2.68. The molecular weight excluding hydrogens is 220 g/mol. The van der Waals surface area contributed by atoms with E-state index in [0.717, 1.165) is 24.1 Å². The fourth-order valence-corrected chi connectivity index (χ4v) is 1.90. The zero-order chi connectivity index (χ0) is 11.4. The maximum atomic E-state index is 6.06. The molecule has 1 aromatic carbocycles. The van der Waals surface area contributed by atoms with E-state index in [1.165, 1.54) is 11.9 Å². The number of rotatable bonds is 3. The predicted molar refractivity (Wildman–Crippen MR) is 66.5 cm³/mol. The van der Waals surface area contributed by atoms with Gasteiger partial charge in [0.1, 0.15) is 6.33 Å². The summed E-state index contributed by atoms with van der Waals surface area (Å²) < 4.78 is 0. The van der Waals surface area contributed by atoms with Crippen molar-refractivity contribution in [2.75, 3.05) is 0 Å². The normalized spacial score (nSPS) is 10.4. The minimum absolute atomic E-state index is 0.594. The van der Waals surface area contributed by atoms with Crippen LogP contribution in [0.25, 0.3) is 11.3 Å². The van der Waals surface area contributed by atoms with Crippen molar-refractivity contribution < 1.29 is 0 Å². The Morgan fingerprint density at radius 3 is 2.94 bits per heavy atom. The van der Waals surface area contributed by atoms with Crippen LogP contribution in [0.3, 0.4) is 0 Å². The fraction of sp³-hybridized carbons (Fsp3) is 0.231. The van der Waals surface area contributed by atoms with Crippen molar-refractivity contribution in [1.82, 2.24) is 9.97 Å². The van der Waals surface area contributed by atoms with Crippen LogP contribution in [0.5, 0.6) is 0 Å². The van der Waals surface area contributed by atoms with E-state index >= 15 is 0 Å². The summed E-state index contributed by atoms with van der Waals surface area (Å²) >= 11 is 6.06. The lowest BCUT2D eigenvalue weighted by Gasteiger charge is -2.05. The van der Waals surface area contributed by atoms with Crippen molar-refractivity contribution in [1.29, 1.82) is 0 Å². The fourth-order valence-electron chi connectivity index (χ4n) is 1.69. The smallest absolute Gasteiger partial charge is 0.116 e. The molecule has 0 spiro atoms. The molecule has 0 aliphatic carbocycles. The predicted octanol–water partition coefficient (Wildman–Crippen LogP) is 3.75. The summed E-state index contributed by atoms with van der Waals surface area (Å²) in [6, 6.07) is 8.33. The first-order valence-corrected chi connectivity index (χ1v) is 5.74. The molecule has 0 unspecified atom stereocenters. The maximum absolute atomic E-state index is 6.06. The Bertz CT molecular complexity index is 483. The number of benzene rings is 1. The van der Waals surface area contributed by atoms with Crippen LogP contribution in [0.4, 0.5) is 0 Å². The van der Waals surface area contributed by atoms with E-state index < -0.39 is 0 Å². The van der Waals surface area contributed by atoms with Crippen molar-refractivity contribution in [3.8, 4) is 11.3 Å². The maximum Gasteiger partial charge on any atom is 0.116 e. The molecule has 1 heterocycles. The standard InChI is InChI=1S/C13H13ClN2/c1-2-4-10-5-3-6-11(7-10)13-12(14)8-15-9-16-13/h3,5-9H,2,4H2,1H3. The van der Waals surface area contributed by atoms with Crippen LogP contribution in [0, 0.1) is 0 Å². The Kier molecular flexibility index (Phi) is 3.52. The molecule has 82 valence electrons. The molecule has 16 heavy (non-hydrogen) atoms. The summed E-state index contributed by atoms with van der Waals surface area (Å²) in [6.07, 6.45) is 5.36. The van der Waals surface area contributed by atoms with Crippen LogP contribution in [0.2, 0.25) is 5.02 Å². The van der Waals surface area contributed by atoms with Crippen molar-refractivity contribution in [2.45, 2.75) is 19.8 Å². The number of aryl methyl sites for hydroxylation is 1. The number of hydrogen-bond donors (Lipinski definition) is 0. The minimum atomic E-state index is 0.594. The minimum Gasteiger partial charge on any atom is -0.243 e. The highest BCUT2D eigenvalue weighted by molar-refractivity contribution is 6.32. The number of aromatic nitrogens is 2. The van der Waals surface area contributed by atoms with E-state index in [4.69, 9.17) is 11.6 Å². The molecule has 0 atom stereocenters. The SMILES string of the molecule is CCCc1cccc(-c2ncncc2Cl)c1. The topological polar surface area (TPSA) is 25.8 Å². The molecule has 2 aromatic rings. The van der Waals surface area contributed by atoms with Gasteiger partial charge >= 0.3 is 0 Å². The van der Waals surface area contributed by atoms with E-state index in [1.54, 1.807) is 6.20 Å². The van der Waals surface area contributed by atoms with Crippen LogP contribution >= 0.6 is 11.6 Å². The van der Waals surface area contributed by atoms with Gasteiger partial charge < -0.3 is 0 Å². The zero-order valence-electron chi connectivity index (χ0n) is 9.15. The van der Waals surface area contributed by atoms with Gasteiger partial charge in [-0.3, -0.25) is 0 Å². The molecule has 0 saturated heterocycles. The molecule has 0 saturated carbocycles. The van der Waals surface area contributed by atoms with Crippen LogP contribution in [0.1, 0.15) is 18.9 Å². The average Bonchev–Trinajstić information content (AvgIpc) is 2.30.